The van der Waals surface area contributed by atoms with Crippen molar-refractivity contribution < 1.29 is 4.39 Å². The zero-order valence-corrected chi connectivity index (χ0v) is 11.0. The lowest BCUT2D eigenvalue weighted by Crippen LogP contribution is -2.15. The summed E-state index contributed by atoms with van der Waals surface area (Å²) in [5.74, 6) is -0.168. The molecule has 19 heavy (non-hydrogen) atoms. The number of hydrogen-bond acceptors (Lipinski definition) is 2. The van der Waals surface area contributed by atoms with Crippen molar-refractivity contribution in [2.45, 2.75) is 32.4 Å². The number of rotatable bonds is 4. The molecule has 1 fully saturated rings. The molecule has 0 unspecified atom stereocenters. The lowest BCUT2D eigenvalue weighted by atomic mass is 10.0. The van der Waals surface area contributed by atoms with Gasteiger partial charge in [0.15, 0.2) is 0 Å². The first-order chi connectivity index (χ1) is 9.24. The second kappa shape index (κ2) is 5.10. The van der Waals surface area contributed by atoms with E-state index >= 15 is 0 Å². The topological polar surface area (TPSA) is 24.9 Å². The van der Waals surface area contributed by atoms with Gasteiger partial charge in [-0.25, -0.2) is 4.39 Å². The van der Waals surface area contributed by atoms with E-state index in [9.17, 15) is 4.39 Å². The molecule has 3 rings (SSSR count). The summed E-state index contributed by atoms with van der Waals surface area (Å²) in [6.07, 6.45) is 6.21. The highest BCUT2D eigenvalue weighted by Gasteiger charge is 2.20. The van der Waals surface area contributed by atoms with Gasteiger partial charge in [0.05, 0.1) is 0 Å². The molecule has 0 spiro atoms. The maximum absolute atomic E-state index is 13.6. The number of nitrogens with zero attached hydrogens (tertiary/aromatic N) is 1. The Morgan fingerprint density at radius 3 is 2.95 bits per heavy atom. The highest BCUT2D eigenvalue weighted by atomic mass is 19.1. The first kappa shape index (κ1) is 12.3. The lowest BCUT2D eigenvalue weighted by molar-refractivity contribution is 0.619. The first-order valence-electron chi connectivity index (χ1n) is 6.67. The summed E-state index contributed by atoms with van der Waals surface area (Å²) in [4.78, 5) is 4.27. The number of nitrogens with one attached hydrogen (secondary N) is 1. The molecule has 2 nitrogen and oxygen atoms in total. The fraction of sp³-hybridized carbons (Fsp3) is 0.312. The van der Waals surface area contributed by atoms with Crippen molar-refractivity contribution in [3.05, 3.63) is 53.6 Å². The van der Waals surface area contributed by atoms with Gasteiger partial charge in [-0.3, -0.25) is 4.98 Å². The van der Waals surface area contributed by atoms with E-state index in [1.165, 1.54) is 18.9 Å². The van der Waals surface area contributed by atoms with Crippen LogP contribution in [0.4, 0.5) is 4.39 Å². The third-order valence-electron chi connectivity index (χ3n) is 3.55. The minimum atomic E-state index is -0.168. The van der Waals surface area contributed by atoms with Gasteiger partial charge in [-0.05, 0) is 48.6 Å². The zero-order valence-electron chi connectivity index (χ0n) is 11.0. The Morgan fingerprint density at radius 1 is 1.32 bits per heavy atom. The Kier molecular flexibility index (Phi) is 3.30. The van der Waals surface area contributed by atoms with Crippen LogP contribution in [-0.2, 0) is 6.54 Å². The second-order valence-electron chi connectivity index (χ2n) is 5.15. The van der Waals surface area contributed by atoms with Crippen LogP contribution in [0.3, 0.4) is 0 Å². The van der Waals surface area contributed by atoms with Gasteiger partial charge in [0.1, 0.15) is 5.82 Å². The molecule has 1 N–H and O–H groups in total. The van der Waals surface area contributed by atoms with Crippen molar-refractivity contribution in [3.63, 3.8) is 0 Å². The molecular weight excluding hydrogens is 239 g/mol. The summed E-state index contributed by atoms with van der Waals surface area (Å²) >= 11 is 0. The van der Waals surface area contributed by atoms with Crippen LogP contribution in [0.5, 0.6) is 0 Å². The summed E-state index contributed by atoms with van der Waals surface area (Å²) in [5, 5.41) is 3.46. The van der Waals surface area contributed by atoms with E-state index in [4.69, 9.17) is 0 Å². The molecule has 1 aromatic carbocycles. The van der Waals surface area contributed by atoms with Crippen molar-refractivity contribution in [1.82, 2.24) is 10.3 Å². The number of benzene rings is 1. The largest absolute Gasteiger partial charge is 0.310 e. The number of halogens is 1. The predicted molar refractivity (Wildman–Crippen MR) is 74.2 cm³/mol. The standard InChI is InChI=1S/C16H17FN2/c1-11-15(3-2-4-16(11)17)13-7-12(8-18-10-13)9-19-14-5-6-14/h2-4,7-8,10,14,19H,5-6,9H2,1H3. The SMILES string of the molecule is Cc1c(F)cccc1-c1cncc(CNC2CC2)c1. The minimum absolute atomic E-state index is 0.168. The maximum atomic E-state index is 13.6. The summed E-state index contributed by atoms with van der Waals surface area (Å²) in [6, 6.07) is 7.94. The average molecular weight is 256 g/mol. The van der Waals surface area contributed by atoms with Crippen molar-refractivity contribution in [2.75, 3.05) is 0 Å². The van der Waals surface area contributed by atoms with E-state index in [-0.39, 0.29) is 5.82 Å². The molecule has 3 heteroatoms. The van der Waals surface area contributed by atoms with Crippen molar-refractivity contribution in [2.24, 2.45) is 0 Å². The second-order valence-corrected chi connectivity index (χ2v) is 5.15. The first-order valence-corrected chi connectivity index (χ1v) is 6.67. The van der Waals surface area contributed by atoms with Crippen molar-refractivity contribution >= 4 is 0 Å². The number of hydrogen-bond donors (Lipinski definition) is 1. The van der Waals surface area contributed by atoms with Gasteiger partial charge in [0.2, 0.25) is 0 Å². The van der Waals surface area contributed by atoms with Crippen LogP contribution in [0, 0.1) is 12.7 Å². The molecule has 0 saturated heterocycles. The van der Waals surface area contributed by atoms with E-state index in [1.54, 1.807) is 19.2 Å². The van der Waals surface area contributed by atoms with Crippen LogP contribution in [0.25, 0.3) is 11.1 Å². The smallest absolute Gasteiger partial charge is 0.126 e. The van der Waals surface area contributed by atoms with E-state index in [0.29, 0.717) is 11.6 Å². The van der Waals surface area contributed by atoms with Gasteiger partial charge in [0, 0.05) is 30.5 Å². The summed E-state index contributed by atoms with van der Waals surface area (Å²) in [6.45, 7) is 2.64. The highest BCUT2D eigenvalue weighted by molar-refractivity contribution is 5.66. The quantitative estimate of drug-likeness (QED) is 0.906. The third kappa shape index (κ3) is 2.82. The van der Waals surface area contributed by atoms with Gasteiger partial charge >= 0.3 is 0 Å². The Bertz CT molecular complexity index is 591. The van der Waals surface area contributed by atoms with Gasteiger partial charge in [-0.2, -0.15) is 0 Å². The molecule has 1 heterocycles. The molecule has 98 valence electrons. The molecule has 1 saturated carbocycles. The molecule has 2 aromatic rings. The summed E-state index contributed by atoms with van der Waals surface area (Å²) in [7, 11) is 0. The molecule has 0 radical (unpaired) electrons. The monoisotopic (exact) mass is 256 g/mol. The van der Waals surface area contributed by atoms with Gasteiger partial charge < -0.3 is 5.32 Å². The molecule has 0 amide bonds. The third-order valence-corrected chi connectivity index (χ3v) is 3.55. The molecule has 0 aliphatic heterocycles. The molecule has 0 bridgehead atoms. The molecule has 1 aliphatic carbocycles. The van der Waals surface area contributed by atoms with Crippen molar-refractivity contribution in [3.8, 4) is 11.1 Å². The van der Waals surface area contributed by atoms with E-state index in [1.807, 2.05) is 12.3 Å². The molecule has 0 atom stereocenters. The fourth-order valence-corrected chi connectivity index (χ4v) is 2.20. The molecule has 1 aliphatic rings. The van der Waals surface area contributed by atoms with Gasteiger partial charge in [0.25, 0.3) is 0 Å². The summed E-state index contributed by atoms with van der Waals surface area (Å²) < 4.78 is 13.6. The fourth-order valence-electron chi connectivity index (χ4n) is 2.20. The Balaban J connectivity index is 1.86. The normalized spacial score (nSPS) is 14.6. The highest BCUT2D eigenvalue weighted by Crippen LogP contribution is 2.25. The number of aromatic nitrogens is 1. The van der Waals surface area contributed by atoms with E-state index in [0.717, 1.165) is 23.2 Å². The zero-order chi connectivity index (χ0) is 13.2. The van der Waals surface area contributed by atoms with Crippen LogP contribution < -0.4 is 5.32 Å². The Morgan fingerprint density at radius 2 is 2.16 bits per heavy atom. The molecule has 1 aromatic heterocycles. The molecular formula is C16H17FN2. The van der Waals surface area contributed by atoms with E-state index < -0.39 is 0 Å². The predicted octanol–water partition coefficient (Wildman–Crippen LogP) is 3.45. The van der Waals surface area contributed by atoms with Crippen LogP contribution in [0.15, 0.2) is 36.7 Å². The Hall–Kier alpha value is -1.74. The van der Waals surface area contributed by atoms with Crippen LogP contribution in [0.2, 0.25) is 0 Å². The maximum Gasteiger partial charge on any atom is 0.126 e. The van der Waals surface area contributed by atoms with Crippen LogP contribution >= 0.6 is 0 Å². The Labute approximate surface area is 112 Å². The van der Waals surface area contributed by atoms with Crippen LogP contribution in [-0.4, -0.2) is 11.0 Å². The minimum Gasteiger partial charge on any atom is -0.310 e. The van der Waals surface area contributed by atoms with Crippen LogP contribution in [0.1, 0.15) is 24.0 Å². The van der Waals surface area contributed by atoms with Gasteiger partial charge in [-0.1, -0.05) is 12.1 Å². The number of pyridine rings is 1. The van der Waals surface area contributed by atoms with E-state index in [2.05, 4.69) is 16.4 Å². The van der Waals surface area contributed by atoms with Crippen molar-refractivity contribution in [1.29, 1.82) is 0 Å². The summed E-state index contributed by atoms with van der Waals surface area (Å²) in [5.41, 5.74) is 3.72. The average Bonchev–Trinajstić information content (AvgIpc) is 3.24. The van der Waals surface area contributed by atoms with Gasteiger partial charge in [-0.15, -0.1) is 0 Å². The lowest BCUT2D eigenvalue weighted by Gasteiger charge is -2.09.